The third-order valence-corrected chi connectivity index (χ3v) is 3.59. The Morgan fingerprint density at radius 1 is 1.05 bits per heavy atom. The average Bonchev–Trinajstić information content (AvgIpc) is 2.97. The molecule has 2 nitrogen and oxygen atoms in total. The molecule has 0 saturated carbocycles. The highest BCUT2D eigenvalue weighted by Crippen LogP contribution is 2.26. The lowest BCUT2D eigenvalue weighted by molar-refractivity contribution is -0.138. The van der Waals surface area contributed by atoms with E-state index in [4.69, 9.17) is 4.74 Å². The summed E-state index contributed by atoms with van der Waals surface area (Å²) in [7, 11) is 0. The van der Waals surface area contributed by atoms with Crippen molar-refractivity contribution in [2.75, 3.05) is 0 Å². The van der Waals surface area contributed by atoms with Crippen LogP contribution < -0.4 is 0 Å². The summed E-state index contributed by atoms with van der Waals surface area (Å²) in [6.45, 7) is 2.05. The van der Waals surface area contributed by atoms with Gasteiger partial charge in [-0.2, -0.15) is 0 Å². The molecule has 0 radical (unpaired) electrons. The van der Waals surface area contributed by atoms with E-state index < -0.39 is 0 Å². The number of hydrogen-bond donors (Lipinski definition) is 0. The molecular weight excluding hydrogens is 272 g/mol. The van der Waals surface area contributed by atoms with Crippen LogP contribution in [-0.4, -0.2) is 12.1 Å². The van der Waals surface area contributed by atoms with Gasteiger partial charge in [-0.05, 0) is 30.7 Å². The third kappa shape index (κ3) is 3.27. The van der Waals surface area contributed by atoms with Crippen molar-refractivity contribution in [3.05, 3.63) is 83.4 Å². The summed E-state index contributed by atoms with van der Waals surface area (Å²) in [5.41, 5.74) is 3.20. The van der Waals surface area contributed by atoms with Crippen molar-refractivity contribution in [3.8, 4) is 11.8 Å². The number of benzene rings is 2. The summed E-state index contributed by atoms with van der Waals surface area (Å²) in [4.78, 5) is 11.4. The molecule has 0 spiro atoms. The van der Waals surface area contributed by atoms with Gasteiger partial charge in [-0.25, -0.2) is 4.79 Å². The summed E-state index contributed by atoms with van der Waals surface area (Å²) >= 11 is 0. The first kappa shape index (κ1) is 14.2. The highest BCUT2D eigenvalue weighted by atomic mass is 16.5. The van der Waals surface area contributed by atoms with Crippen molar-refractivity contribution in [1.82, 2.24) is 0 Å². The molecular formula is C20H16O2. The average molecular weight is 288 g/mol. The van der Waals surface area contributed by atoms with Crippen LogP contribution in [0.2, 0.25) is 0 Å². The first-order valence-electron chi connectivity index (χ1n) is 7.24. The lowest BCUT2D eigenvalue weighted by Gasteiger charge is -2.17. The fourth-order valence-corrected chi connectivity index (χ4v) is 2.38. The zero-order valence-electron chi connectivity index (χ0n) is 12.3. The second kappa shape index (κ2) is 6.32. The fraction of sp³-hybridized carbons (Fsp3) is 0.150. The zero-order chi connectivity index (χ0) is 15.4. The maximum absolute atomic E-state index is 11.4. The molecule has 2 heteroatoms. The van der Waals surface area contributed by atoms with E-state index in [1.165, 1.54) is 11.6 Å². The van der Waals surface area contributed by atoms with Gasteiger partial charge in [-0.15, -0.1) is 0 Å². The fourth-order valence-electron chi connectivity index (χ4n) is 2.38. The van der Waals surface area contributed by atoms with Crippen molar-refractivity contribution in [3.63, 3.8) is 0 Å². The van der Waals surface area contributed by atoms with Gasteiger partial charge in [0.05, 0.1) is 5.92 Å². The highest BCUT2D eigenvalue weighted by molar-refractivity contribution is 5.84. The topological polar surface area (TPSA) is 26.3 Å². The van der Waals surface area contributed by atoms with Gasteiger partial charge in [0.2, 0.25) is 0 Å². The number of carbonyl (C=O) groups excluding carboxylic acids is 1. The van der Waals surface area contributed by atoms with Crippen LogP contribution in [0.4, 0.5) is 0 Å². The molecule has 0 aliphatic carbocycles. The van der Waals surface area contributed by atoms with Crippen molar-refractivity contribution < 1.29 is 9.53 Å². The van der Waals surface area contributed by atoms with Crippen LogP contribution in [0.25, 0.3) is 0 Å². The normalized spacial score (nSPS) is 17.5. The SMILES string of the molecule is Cc1ccc(C(C#Cc2ccccc2)[C@H]2C=CC(=O)O2)cc1. The van der Waals surface area contributed by atoms with Crippen molar-refractivity contribution in [2.24, 2.45) is 0 Å². The number of carbonyl (C=O) groups is 1. The van der Waals surface area contributed by atoms with Gasteiger partial charge in [0.1, 0.15) is 6.10 Å². The Kier molecular flexibility index (Phi) is 4.07. The first-order valence-corrected chi connectivity index (χ1v) is 7.24. The first-order chi connectivity index (χ1) is 10.7. The van der Waals surface area contributed by atoms with Crippen molar-refractivity contribution in [1.29, 1.82) is 0 Å². The molecule has 0 amide bonds. The van der Waals surface area contributed by atoms with E-state index in [0.29, 0.717) is 0 Å². The van der Waals surface area contributed by atoms with Crippen LogP contribution in [0.1, 0.15) is 22.6 Å². The van der Waals surface area contributed by atoms with E-state index in [2.05, 4.69) is 11.8 Å². The summed E-state index contributed by atoms with van der Waals surface area (Å²) in [6, 6.07) is 18.0. The minimum Gasteiger partial charge on any atom is -0.453 e. The molecule has 0 N–H and O–H groups in total. The minimum atomic E-state index is -0.327. The summed E-state index contributed by atoms with van der Waals surface area (Å²) < 4.78 is 5.34. The Hall–Kier alpha value is -2.79. The van der Waals surface area contributed by atoms with Gasteiger partial charge in [-0.1, -0.05) is 59.9 Å². The van der Waals surface area contributed by atoms with Gasteiger partial charge < -0.3 is 4.74 Å². The van der Waals surface area contributed by atoms with E-state index in [9.17, 15) is 4.79 Å². The van der Waals surface area contributed by atoms with E-state index >= 15 is 0 Å². The van der Waals surface area contributed by atoms with Crippen LogP contribution in [0.15, 0.2) is 66.7 Å². The van der Waals surface area contributed by atoms with Gasteiger partial charge >= 0.3 is 5.97 Å². The molecule has 0 bridgehead atoms. The Bertz CT molecular complexity index is 746. The molecule has 22 heavy (non-hydrogen) atoms. The van der Waals surface area contributed by atoms with Crippen LogP contribution >= 0.6 is 0 Å². The van der Waals surface area contributed by atoms with E-state index in [1.807, 2.05) is 61.5 Å². The Labute approximate surface area is 130 Å². The van der Waals surface area contributed by atoms with Crippen LogP contribution in [0, 0.1) is 18.8 Å². The lowest BCUT2D eigenvalue weighted by atomic mass is 9.93. The predicted molar refractivity (Wildman–Crippen MR) is 86.3 cm³/mol. The summed E-state index contributed by atoms with van der Waals surface area (Å²) in [6.07, 6.45) is 2.93. The number of hydrogen-bond acceptors (Lipinski definition) is 2. The van der Waals surface area contributed by atoms with Crippen LogP contribution in [-0.2, 0) is 9.53 Å². The summed E-state index contributed by atoms with van der Waals surface area (Å²) in [5.74, 6) is 5.96. The quantitative estimate of drug-likeness (QED) is 0.623. The number of rotatable bonds is 2. The van der Waals surface area contributed by atoms with Gasteiger partial charge in [-0.3, -0.25) is 0 Å². The van der Waals surface area contributed by atoms with Gasteiger partial charge in [0, 0.05) is 11.6 Å². The zero-order valence-corrected chi connectivity index (χ0v) is 12.3. The second-order valence-corrected chi connectivity index (χ2v) is 5.28. The molecule has 3 rings (SSSR count). The third-order valence-electron chi connectivity index (χ3n) is 3.59. The molecule has 0 saturated heterocycles. The number of ether oxygens (including phenoxy) is 1. The maximum Gasteiger partial charge on any atom is 0.331 e. The predicted octanol–water partition coefficient (Wildman–Crippen LogP) is 3.61. The van der Waals surface area contributed by atoms with Crippen LogP contribution in [0.3, 0.4) is 0 Å². The number of aryl methyl sites for hydroxylation is 1. The van der Waals surface area contributed by atoms with E-state index in [1.54, 1.807) is 6.08 Å². The largest absolute Gasteiger partial charge is 0.453 e. The van der Waals surface area contributed by atoms with Crippen molar-refractivity contribution >= 4 is 5.97 Å². The van der Waals surface area contributed by atoms with Crippen molar-refractivity contribution in [2.45, 2.75) is 18.9 Å². The second-order valence-electron chi connectivity index (χ2n) is 5.28. The Morgan fingerprint density at radius 2 is 1.77 bits per heavy atom. The number of esters is 1. The Morgan fingerprint density at radius 3 is 2.41 bits per heavy atom. The molecule has 2 aromatic carbocycles. The molecule has 1 heterocycles. The standard InChI is InChI=1S/C20H16O2/c1-15-7-10-17(11-8-15)18(19-13-14-20(21)22-19)12-9-16-5-3-2-4-6-16/h2-8,10-11,13-14,18-19H,1H3/t18?,19-/m1/s1. The smallest absolute Gasteiger partial charge is 0.331 e. The molecule has 1 unspecified atom stereocenters. The van der Waals surface area contributed by atoms with Gasteiger partial charge in [0.25, 0.3) is 0 Å². The van der Waals surface area contributed by atoms with E-state index in [-0.39, 0.29) is 18.0 Å². The minimum absolute atomic E-state index is 0.163. The molecule has 0 aromatic heterocycles. The maximum atomic E-state index is 11.4. The molecule has 1 aliphatic heterocycles. The number of cyclic esters (lactones) is 1. The van der Waals surface area contributed by atoms with Crippen LogP contribution in [0.5, 0.6) is 0 Å². The molecule has 2 aromatic rings. The Balaban J connectivity index is 1.93. The lowest BCUT2D eigenvalue weighted by Crippen LogP contribution is -2.17. The molecule has 0 fully saturated rings. The highest BCUT2D eigenvalue weighted by Gasteiger charge is 2.26. The van der Waals surface area contributed by atoms with E-state index in [0.717, 1.165) is 11.1 Å². The molecule has 1 aliphatic rings. The monoisotopic (exact) mass is 288 g/mol. The summed E-state index contributed by atoms with van der Waals surface area (Å²) in [5, 5.41) is 0. The molecule has 108 valence electrons. The van der Waals surface area contributed by atoms with Gasteiger partial charge in [0.15, 0.2) is 0 Å². The molecule has 2 atom stereocenters.